The second-order valence-electron chi connectivity index (χ2n) is 4.67. The Morgan fingerprint density at radius 1 is 1.24 bits per heavy atom. The Labute approximate surface area is 120 Å². The SMILES string of the molecule is O=C(NCCc1ccc2ocnc2c1)c1cccc(F)c1. The van der Waals surface area contributed by atoms with Gasteiger partial charge in [0.1, 0.15) is 11.3 Å². The molecule has 0 aliphatic heterocycles. The first-order valence-corrected chi connectivity index (χ1v) is 6.58. The monoisotopic (exact) mass is 284 g/mol. The van der Waals surface area contributed by atoms with Crippen molar-refractivity contribution in [1.82, 2.24) is 10.3 Å². The van der Waals surface area contributed by atoms with E-state index in [1.54, 1.807) is 6.07 Å². The van der Waals surface area contributed by atoms with Crippen molar-refractivity contribution in [3.8, 4) is 0 Å². The summed E-state index contributed by atoms with van der Waals surface area (Å²) in [6.45, 7) is 0.471. The summed E-state index contributed by atoms with van der Waals surface area (Å²) in [4.78, 5) is 15.9. The van der Waals surface area contributed by atoms with Crippen LogP contribution in [0.5, 0.6) is 0 Å². The maximum atomic E-state index is 13.0. The van der Waals surface area contributed by atoms with Crippen molar-refractivity contribution < 1.29 is 13.6 Å². The standard InChI is InChI=1S/C16H13FN2O2/c17-13-3-1-2-12(9-13)16(20)18-7-6-11-4-5-15-14(8-11)19-10-21-15/h1-5,8-10H,6-7H2,(H,18,20). The molecule has 1 aromatic heterocycles. The van der Waals surface area contributed by atoms with E-state index in [-0.39, 0.29) is 5.91 Å². The number of halogens is 1. The minimum Gasteiger partial charge on any atom is -0.443 e. The van der Waals surface area contributed by atoms with Crippen LogP contribution in [0.25, 0.3) is 11.1 Å². The number of amides is 1. The van der Waals surface area contributed by atoms with Crippen LogP contribution >= 0.6 is 0 Å². The Kier molecular flexibility index (Phi) is 3.64. The highest BCUT2D eigenvalue weighted by molar-refractivity contribution is 5.94. The number of carbonyl (C=O) groups excluding carboxylic acids is 1. The summed E-state index contributed by atoms with van der Waals surface area (Å²) in [7, 11) is 0. The second-order valence-corrected chi connectivity index (χ2v) is 4.67. The molecular formula is C16H13FN2O2. The lowest BCUT2D eigenvalue weighted by atomic mass is 10.1. The Bertz CT molecular complexity index is 783. The summed E-state index contributed by atoms with van der Waals surface area (Å²) in [6, 6.07) is 11.3. The zero-order valence-corrected chi connectivity index (χ0v) is 11.2. The van der Waals surface area contributed by atoms with E-state index in [9.17, 15) is 9.18 Å². The topological polar surface area (TPSA) is 55.1 Å². The van der Waals surface area contributed by atoms with Gasteiger partial charge in [-0.15, -0.1) is 0 Å². The molecule has 0 radical (unpaired) electrons. The normalized spacial score (nSPS) is 10.7. The summed E-state index contributed by atoms with van der Waals surface area (Å²) >= 11 is 0. The van der Waals surface area contributed by atoms with Crippen molar-refractivity contribution in [3.63, 3.8) is 0 Å². The quantitative estimate of drug-likeness (QED) is 0.801. The van der Waals surface area contributed by atoms with Gasteiger partial charge in [0.25, 0.3) is 5.91 Å². The van der Waals surface area contributed by atoms with Gasteiger partial charge in [0.05, 0.1) is 0 Å². The predicted octanol–water partition coefficient (Wildman–Crippen LogP) is 2.94. The molecule has 106 valence electrons. The maximum absolute atomic E-state index is 13.0. The van der Waals surface area contributed by atoms with Crippen molar-refractivity contribution in [2.75, 3.05) is 6.54 Å². The van der Waals surface area contributed by atoms with Gasteiger partial charge in [0.15, 0.2) is 12.0 Å². The minimum atomic E-state index is -0.417. The Hall–Kier alpha value is -2.69. The first kappa shape index (κ1) is 13.3. The van der Waals surface area contributed by atoms with Crippen LogP contribution < -0.4 is 5.32 Å². The molecule has 3 rings (SSSR count). The first-order chi connectivity index (χ1) is 10.2. The molecule has 0 atom stereocenters. The third-order valence-corrected chi connectivity index (χ3v) is 3.18. The molecule has 0 bridgehead atoms. The molecule has 0 aliphatic carbocycles. The van der Waals surface area contributed by atoms with Crippen molar-refractivity contribution in [3.05, 3.63) is 65.8 Å². The molecule has 4 nitrogen and oxygen atoms in total. The van der Waals surface area contributed by atoms with Crippen molar-refractivity contribution in [1.29, 1.82) is 0 Å². The molecule has 3 aromatic rings. The van der Waals surface area contributed by atoms with Gasteiger partial charge in [0, 0.05) is 12.1 Å². The molecule has 0 saturated heterocycles. The number of carbonyl (C=O) groups is 1. The van der Waals surface area contributed by atoms with Crippen LogP contribution in [0.15, 0.2) is 53.3 Å². The molecule has 0 fully saturated rings. The van der Waals surface area contributed by atoms with Crippen molar-refractivity contribution >= 4 is 17.0 Å². The predicted molar refractivity (Wildman–Crippen MR) is 76.4 cm³/mol. The average Bonchev–Trinajstić information content (AvgIpc) is 2.94. The van der Waals surface area contributed by atoms with Gasteiger partial charge in [-0.05, 0) is 42.3 Å². The maximum Gasteiger partial charge on any atom is 0.251 e. The summed E-state index contributed by atoms with van der Waals surface area (Å²) in [6.07, 6.45) is 2.07. The first-order valence-electron chi connectivity index (χ1n) is 6.58. The molecule has 0 spiro atoms. The van der Waals surface area contributed by atoms with E-state index in [1.807, 2.05) is 18.2 Å². The number of hydrogen-bond donors (Lipinski definition) is 1. The third kappa shape index (κ3) is 3.08. The Morgan fingerprint density at radius 2 is 2.14 bits per heavy atom. The number of benzene rings is 2. The number of aromatic nitrogens is 1. The third-order valence-electron chi connectivity index (χ3n) is 3.18. The molecule has 1 heterocycles. The van der Waals surface area contributed by atoms with Crippen LogP contribution in [-0.4, -0.2) is 17.4 Å². The lowest BCUT2D eigenvalue weighted by Crippen LogP contribution is -2.25. The lowest BCUT2D eigenvalue weighted by Gasteiger charge is -2.05. The van der Waals surface area contributed by atoms with E-state index in [0.29, 0.717) is 18.5 Å². The highest BCUT2D eigenvalue weighted by Gasteiger charge is 2.06. The summed E-state index contributed by atoms with van der Waals surface area (Å²) in [5, 5.41) is 2.77. The van der Waals surface area contributed by atoms with Gasteiger partial charge in [0.2, 0.25) is 0 Å². The summed E-state index contributed by atoms with van der Waals surface area (Å²) in [5.74, 6) is -0.698. The fraction of sp³-hybridized carbons (Fsp3) is 0.125. The van der Waals surface area contributed by atoms with E-state index in [1.165, 1.54) is 24.6 Å². The van der Waals surface area contributed by atoms with E-state index < -0.39 is 5.82 Å². The van der Waals surface area contributed by atoms with Gasteiger partial charge in [-0.2, -0.15) is 0 Å². The number of fused-ring (bicyclic) bond motifs is 1. The molecule has 5 heteroatoms. The molecule has 21 heavy (non-hydrogen) atoms. The number of nitrogens with one attached hydrogen (secondary N) is 1. The zero-order chi connectivity index (χ0) is 14.7. The molecule has 1 N–H and O–H groups in total. The highest BCUT2D eigenvalue weighted by Crippen LogP contribution is 2.14. The zero-order valence-electron chi connectivity index (χ0n) is 11.2. The average molecular weight is 284 g/mol. The molecule has 1 amide bonds. The van der Waals surface area contributed by atoms with Gasteiger partial charge < -0.3 is 9.73 Å². The fourth-order valence-electron chi connectivity index (χ4n) is 2.11. The fourth-order valence-corrected chi connectivity index (χ4v) is 2.11. The molecule has 0 saturated carbocycles. The van der Waals surface area contributed by atoms with Crippen LogP contribution in [0, 0.1) is 5.82 Å². The van der Waals surface area contributed by atoms with Crippen LogP contribution in [0.2, 0.25) is 0 Å². The number of hydrogen-bond acceptors (Lipinski definition) is 3. The van der Waals surface area contributed by atoms with Crippen LogP contribution in [0.3, 0.4) is 0 Å². The molecule has 0 unspecified atom stereocenters. The van der Waals surface area contributed by atoms with Gasteiger partial charge in [-0.25, -0.2) is 9.37 Å². The van der Waals surface area contributed by atoms with Crippen molar-refractivity contribution in [2.45, 2.75) is 6.42 Å². The summed E-state index contributed by atoms with van der Waals surface area (Å²) in [5.41, 5.74) is 2.91. The van der Waals surface area contributed by atoms with E-state index >= 15 is 0 Å². The highest BCUT2D eigenvalue weighted by atomic mass is 19.1. The Morgan fingerprint density at radius 3 is 3.00 bits per heavy atom. The Balaban J connectivity index is 1.59. The van der Waals surface area contributed by atoms with Crippen LogP contribution in [0.1, 0.15) is 15.9 Å². The molecule has 0 aliphatic rings. The number of oxazole rings is 1. The van der Waals surface area contributed by atoms with Crippen molar-refractivity contribution in [2.24, 2.45) is 0 Å². The van der Waals surface area contributed by atoms with E-state index in [4.69, 9.17) is 4.42 Å². The number of nitrogens with zero attached hydrogens (tertiary/aromatic N) is 1. The van der Waals surface area contributed by atoms with Crippen LogP contribution in [0.4, 0.5) is 4.39 Å². The summed E-state index contributed by atoms with van der Waals surface area (Å²) < 4.78 is 18.2. The number of rotatable bonds is 4. The lowest BCUT2D eigenvalue weighted by molar-refractivity contribution is 0.0953. The molecule has 2 aromatic carbocycles. The van der Waals surface area contributed by atoms with E-state index in [2.05, 4.69) is 10.3 Å². The largest absolute Gasteiger partial charge is 0.443 e. The van der Waals surface area contributed by atoms with E-state index in [0.717, 1.165) is 16.7 Å². The van der Waals surface area contributed by atoms with Gasteiger partial charge >= 0.3 is 0 Å². The van der Waals surface area contributed by atoms with Gasteiger partial charge in [-0.3, -0.25) is 4.79 Å². The van der Waals surface area contributed by atoms with Crippen LogP contribution in [-0.2, 0) is 6.42 Å². The minimum absolute atomic E-state index is 0.281. The van der Waals surface area contributed by atoms with Gasteiger partial charge in [-0.1, -0.05) is 12.1 Å². The molecular weight excluding hydrogens is 271 g/mol. The second kappa shape index (κ2) is 5.75. The smallest absolute Gasteiger partial charge is 0.251 e.